The van der Waals surface area contributed by atoms with Crippen LogP contribution in [0.25, 0.3) is 11.1 Å². The van der Waals surface area contributed by atoms with Crippen LogP contribution in [0.3, 0.4) is 0 Å². The monoisotopic (exact) mass is 317 g/mol. The molecule has 6 nitrogen and oxygen atoms in total. The van der Waals surface area contributed by atoms with Crippen LogP contribution in [-0.4, -0.2) is 22.5 Å². The molecule has 1 aliphatic heterocycles. The summed E-state index contributed by atoms with van der Waals surface area (Å²) in [6, 6.07) is 15.5. The van der Waals surface area contributed by atoms with E-state index in [4.69, 9.17) is 5.73 Å². The summed E-state index contributed by atoms with van der Waals surface area (Å²) in [5.41, 5.74) is 9.63. The molecule has 1 aromatic heterocycles. The fourth-order valence-corrected chi connectivity index (χ4v) is 2.98. The molecule has 0 spiro atoms. The van der Waals surface area contributed by atoms with Crippen LogP contribution in [0.4, 0.5) is 17.2 Å². The summed E-state index contributed by atoms with van der Waals surface area (Å²) in [6.45, 7) is 0.498. The maximum absolute atomic E-state index is 12.0. The van der Waals surface area contributed by atoms with Crippen LogP contribution in [-0.2, 0) is 0 Å². The number of carbonyl (C=O) groups excluding carboxylic acids is 1. The summed E-state index contributed by atoms with van der Waals surface area (Å²) >= 11 is 0. The average Bonchev–Trinajstić information content (AvgIpc) is 3.05. The topological polar surface area (TPSA) is 84.1 Å². The lowest BCUT2D eigenvalue weighted by molar-refractivity contribution is 0.100. The smallest absolute Gasteiger partial charge is 0.250 e. The number of amides is 1. The van der Waals surface area contributed by atoms with Crippen LogP contribution in [0.1, 0.15) is 10.4 Å². The van der Waals surface area contributed by atoms with Crippen molar-refractivity contribution in [3.63, 3.8) is 0 Å². The number of carbonyl (C=O) groups is 1. The first-order chi connectivity index (χ1) is 11.8. The molecule has 1 aliphatic rings. The molecular formula is C18H15N5O. The van der Waals surface area contributed by atoms with E-state index in [1.54, 1.807) is 12.3 Å². The zero-order chi connectivity index (χ0) is 16.5. The van der Waals surface area contributed by atoms with Gasteiger partial charge in [0.2, 0.25) is 0 Å². The molecule has 0 unspecified atom stereocenters. The lowest BCUT2D eigenvalue weighted by atomic mass is 9.98. The standard InChI is InChI=1S/C18H15N5O/c19-17(24)14-8-4-7-13(12-5-2-1-3-6-12)16(14)23-11-22-18-15(23)9-20-10-21-18/h1-10H,11H2,(H2,19,24)(H,20,21,22). The Hall–Kier alpha value is -3.41. The van der Waals surface area contributed by atoms with Gasteiger partial charge in [-0.2, -0.15) is 0 Å². The highest BCUT2D eigenvalue weighted by Crippen LogP contribution is 2.41. The van der Waals surface area contributed by atoms with E-state index in [1.807, 2.05) is 47.4 Å². The second-order valence-electron chi connectivity index (χ2n) is 5.45. The fraction of sp³-hybridized carbons (Fsp3) is 0.0556. The number of benzene rings is 2. The Labute approximate surface area is 139 Å². The predicted molar refractivity (Wildman–Crippen MR) is 93.1 cm³/mol. The van der Waals surface area contributed by atoms with Crippen molar-refractivity contribution in [2.45, 2.75) is 0 Å². The highest BCUT2D eigenvalue weighted by atomic mass is 16.1. The second-order valence-corrected chi connectivity index (χ2v) is 5.45. The Bertz CT molecular complexity index is 910. The van der Waals surface area contributed by atoms with Crippen LogP contribution in [0.2, 0.25) is 0 Å². The maximum atomic E-state index is 12.0. The first kappa shape index (κ1) is 14.2. The summed E-state index contributed by atoms with van der Waals surface area (Å²) in [4.78, 5) is 22.3. The van der Waals surface area contributed by atoms with Gasteiger partial charge >= 0.3 is 0 Å². The molecular weight excluding hydrogens is 302 g/mol. The molecule has 0 saturated carbocycles. The number of rotatable bonds is 3. The zero-order valence-electron chi connectivity index (χ0n) is 12.8. The molecule has 3 N–H and O–H groups in total. The number of fused-ring (bicyclic) bond motifs is 1. The predicted octanol–water partition coefficient (Wildman–Crippen LogP) is 2.76. The third-order valence-electron chi connectivity index (χ3n) is 4.04. The second kappa shape index (κ2) is 5.66. The lowest BCUT2D eigenvalue weighted by Gasteiger charge is -2.23. The molecule has 2 aromatic carbocycles. The summed E-state index contributed by atoms with van der Waals surface area (Å²) in [5.74, 6) is 0.274. The van der Waals surface area contributed by atoms with E-state index < -0.39 is 5.91 Å². The van der Waals surface area contributed by atoms with Crippen molar-refractivity contribution in [1.29, 1.82) is 0 Å². The van der Waals surface area contributed by atoms with Crippen molar-refractivity contribution < 1.29 is 4.79 Å². The third kappa shape index (κ3) is 2.25. The van der Waals surface area contributed by atoms with Crippen molar-refractivity contribution in [2.75, 3.05) is 16.9 Å². The van der Waals surface area contributed by atoms with Gasteiger partial charge in [0.1, 0.15) is 12.0 Å². The Balaban J connectivity index is 1.96. The van der Waals surface area contributed by atoms with Gasteiger partial charge in [-0.3, -0.25) is 4.79 Å². The number of nitrogens with one attached hydrogen (secondary N) is 1. The van der Waals surface area contributed by atoms with Gasteiger partial charge in [-0.05, 0) is 11.6 Å². The summed E-state index contributed by atoms with van der Waals surface area (Å²) in [7, 11) is 0. The first-order valence-corrected chi connectivity index (χ1v) is 7.55. The Kier molecular flexibility index (Phi) is 3.35. The molecule has 3 aromatic rings. The van der Waals surface area contributed by atoms with E-state index in [9.17, 15) is 4.79 Å². The van der Waals surface area contributed by atoms with Crippen LogP contribution in [0.5, 0.6) is 0 Å². The van der Waals surface area contributed by atoms with Gasteiger partial charge in [0.15, 0.2) is 5.82 Å². The van der Waals surface area contributed by atoms with Gasteiger partial charge in [-0.1, -0.05) is 42.5 Å². The Morgan fingerprint density at radius 2 is 1.96 bits per heavy atom. The van der Waals surface area contributed by atoms with E-state index in [1.165, 1.54) is 6.33 Å². The normalized spacial score (nSPS) is 12.6. The lowest BCUT2D eigenvalue weighted by Crippen LogP contribution is -2.22. The van der Waals surface area contributed by atoms with E-state index in [2.05, 4.69) is 15.3 Å². The van der Waals surface area contributed by atoms with Crippen LogP contribution in [0, 0.1) is 0 Å². The van der Waals surface area contributed by atoms with E-state index in [0.29, 0.717) is 12.2 Å². The van der Waals surface area contributed by atoms with E-state index in [-0.39, 0.29) is 0 Å². The zero-order valence-corrected chi connectivity index (χ0v) is 12.8. The quantitative estimate of drug-likeness (QED) is 0.776. The van der Waals surface area contributed by atoms with Crippen molar-refractivity contribution in [3.8, 4) is 11.1 Å². The van der Waals surface area contributed by atoms with Gasteiger partial charge in [0, 0.05) is 5.56 Å². The van der Waals surface area contributed by atoms with Crippen molar-refractivity contribution >= 4 is 23.1 Å². The van der Waals surface area contributed by atoms with Crippen LogP contribution < -0.4 is 16.0 Å². The average molecular weight is 317 g/mol. The van der Waals surface area contributed by atoms with Crippen LogP contribution in [0.15, 0.2) is 61.1 Å². The van der Waals surface area contributed by atoms with Crippen molar-refractivity contribution in [3.05, 3.63) is 66.6 Å². The van der Waals surface area contributed by atoms with E-state index >= 15 is 0 Å². The molecule has 0 radical (unpaired) electrons. The number of nitrogens with two attached hydrogens (primary N) is 1. The van der Waals surface area contributed by atoms with Crippen molar-refractivity contribution in [1.82, 2.24) is 9.97 Å². The molecule has 0 bridgehead atoms. The van der Waals surface area contributed by atoms with Gasteiger partial charge < -0.3 is 16.0 Å². The SMILES string of the molecule is NC(=O)c1cccc(-c2ccccc2)c1N1CNc2ncncc21. The minimum absolute atomic E-state index is 0.465. The molecule has 2 heterocycles. The minimum atomic E-state index is -0.465. The van der Waals surface area contributed by atoms with Gasteiger partial charge in [-0.25, -0.2) is 9.97 Å². The van der Waals surface area contributed by atoms with Crippen molar-refractivity contribution in [2.24, 2.45) is 5.73 Å². The van der Waals surface area contributed by atoms with Crippen LogP contribution >= 0.6 is 0 Å². The van der Waals surface area contributed by atoms with E-state index in [0.717, 1.165) is 28.3 Å². The maximum Gasteiger partial charge on any atom is 0.250 e. The molecule has 6 heteroatoms. The Morgan fingerprint density at radius 1 is 1.12 bits per heavy atom. The highest BCUT2D eigenvalue weighted by molar-refractivity contribution is 6.04. The molecule has 0 saturated heterocycles. The summed E-state index contributed by atoms with van der Waals surface area (Å²) in [6.07, 6.45) is 3.22. The molecule has 1 amide bonds. The number of hydrogen-bond acceptors (Lipinski definition) is 5. The van der Waals surface area contributed by atoms with Gasteiger partial charge in [0.05, 0.1) is 24.1 Å². The van der Waals surface area contributed by atoms with Gasteiger partial charge in [0.25, 0.3) is 5.91 Å². The number of nitrogens with zero attached hydrogens (tertiary/aromatic N) is 3. The number of hydrogen-bond donors (Lipinski definition) is 2. The fourth-order valence-electron chi connectivity index (χ4n) is 2.98. The number of anilines is 3. The molecule has 4 rings (SSSR count). The first-order valence-electron chi connectivity index (χ1n) is 7.55. The third-order valence-corrected chi connectivity index (χ3v) is 4.04. The van der Waals surface area contributed by atoms with Gasteiger partial charge in [-0.15, -0.1) is 0 Å². The number of para-hydroxylation sites is 1. The molecule has 118 valence electrons. The highest BCUT2D eigenvalue weighted by Gasteiger charge is 2.27. The molecule has 0 aliphatic carbocycles. The molecule has 0 atom stereocenters. The summed E-state index contributed by atoms with van der Waals surface area (Å²) < 4.78 is 0. The summed E-state index contributed by atoms with van der Waals surface area (Å²) in [5, 5.41) is 3.22. The molecule has 24 heavy (non-hydrogen) atoms. The number of primary amides is 1. The number of aromatic nitrogens is 2. The molecule has 0 fully saturated rings. The Morgan fingerprint density at radius 3 is 2.75 bits per heavy atom. The minimum Gasteiger partial charge on any atom is -0.366 e. The largest absolute Gasteiger partial charge is 0.366 e.